The van der Waals surface area contributed by atoms with E-state index in [0.717, 1.165) is 42.4 Å². The first-order valence-electron chi connectivity index (χ1n) is 9.54. The van der Waals surface area contributed by atoms with Gasteiger partial charge < -0.3 is 9.84 Å². The SMILES string of the molecule is CO/C=C1/CC[C@H]2[C@@H]3CC[C@H]4C[C@H](O)CC[C@@H]4[C@H]3CC[C@]12C. The van der Waals surface area contributed by atoms with Gasteiger partial charge in [0, 0.05) is 0 Å². The zero-order chi connectivity index (χ0) is 15.3. The minimum absolute atomic E-state index is 0.00521. The van der Waals surface area contributed by atoms with Crippen LogP contribution in [-0.4, -0.2) is 18.3 Å². The Morgan fingerprint density at radius 3 is 2.68 bits per heavy atom. The standard InChI is InChI=1S/C20H32O2/c1-20-10-9-17-16-7-5-15(21)11-13(16)3-6-18(17)19(20)8-4-14(20)12-22-2/h12-13,15-19,21H,3-11H2,1-2H3/b14-12-/t13-,15+,16-,17+,18+,19-,20+/m0/s1. The van der Waals surface area contributed by atoms with Crippen LogP contribution in [0.3, 0.4) is 0 Å². The van der Waals surface area contributed by atoms with Crippen molar-refractivity contribution in [3.8, 4) is 0 Å². The molecule has 0 amide bonds. The molecule has 7 atom stereocenters. The van der Waals surface area contributed by atoms with Crippen molar-refractivity contribution in [2.45, 2.75) is 70.8 Å². The molecule has 4 fully saturated rings. The fourth-order valence-corrected chi connectivity index (χ4v) is 7.01. The third-order valence-electron chi connectivity index (χ3n) is 8.03. The van der Waals surface area contributed by atoms with Gasteiger partial charge >= 0.3 is 0 Å². The highest BCUT2D eigenvalue weighted by Crippen LogP contribution is 2.63. The summed E-state index contributed by atoms with van der Waals surface area (Å²) in [5.41, 5.74) is 2.00. The van der Waals surface area contributed by atoms with Gasteiger partial charge in [0.2, 0.25) is 0 Å². The normalized spacial score (nSPS) is 52.8. The van der Waals surface area contributed by atoms with Gasteiger partial charge in [0.25, 0.3) is 0 Å². The lowest BCUT2D eigenvalue weighted by atomic mass is 9.50. The van der Waals surface area contributed by atoms with Gasteiger partial charge in [-0.05, 0) is 98.4 Å². The molecule has 4 aliphatic carbocycles. The van der Waals surface area contributed by atoms with Crippen LogP contribution in [0.15, 0.2) is 11.8 Å². The average molecular weight is 304 g/mol. The summed E-state index contributed by atoms with van der Waals surface area (Å²) in [6.45, 7) is 2.52. The average Bonchev–Trinajstić information content (AvgIpc) is 2.84. The first-order chi connectivity index (χ1) is 10.6. The maximum Gasteiger partial charge on any atom is 0.0822 e. The van der Waals surface area contributed by atoms with Crippen LogP contribution in [0.4, 0.5) is 0 Å². The van der Waals surface area contributed by atoms with E-state index >= 15 is 0 Å². The van der Waals surface area contributed by atoms with E-state index in [0.29, 0.717) is 5.41 Å². The molecule has 0 aromatic carbocycles. The maximum absolute atomic E-state index is 10.0. The van der Waals surface area contributed by atoms with Crippen molar-refractivity contribution in [3.63, 3.8) is 0 Å². The van der Waals surface area contributed by atoms with Gasteiger partial charge in [-0.25, -0.2) is 0 Å². The Hall–Kier alpha value is -0.500. The molecule has 0 bridgehead atoms. The van der Waals surface area contributed by atoms with Crippen LogP contribution in [-0.2, 0) is 4.74 Å². The van der Waals surface area contributed by atoms with E-state index in [9.17, 15) is 5.11 Å². The molecule has 0 radical (unpaired) electrons. The fourth-order valence-electron chi connectivity index (χ4n) is 7.01. The molecule has 0 aromatic rings. The van der Waals surface area contributed by atoms with E-state index in [1.165, 1.54) is 44.9 Å². The van der Waals surface area contributed by atoms with Crippen molar-refractivity contribution in [1.29, 1.82) is 0 Å². The van der Waals surface area contributed by atoms with Crippen LogP contribution < -0.4 is 0 Å². The van der Waals surface area contributed by atoms with Crippen LogP contribution in [0.25, 0.3) is 0 Å². The number of rotatable bonds is 1. The Labute approximate surface area is 135 Å². The molecular weight excluding hydrogens is 272 g/mol. The van der Waals surface area contributed by atoms with Gasteiger partial charge in [-0.3, -0.25) is 0 Å². The molecule has 2 nitrogen and oxygen atoms in total. The second-order valence-electron chi connectivity index (χ2n) is 8.78. The van der Waals surface area contributed by atoms with E-state index in [1.807, 2.05) is 0 Å². The number of aliphatic hydroxyl groups excluding tert-OH is 1. The summed E-state index contributed by atoms with van der Waals surface area (Å²) in [6.07, 6.45) is 13.7. The first-order valence-corrected chi connectivity index (χ1v) is 9.54. The number of ether oxygens (including phenoxy) is 1. The molecule has 0 heterocycles. The molecule has 0 spiro atoms. The molecule has 4 aliphatic rings. The first kappa shape index (κ1) is 15.1. The number of methoxy groups -OCH3 is 1. The molecule has 22 heavy (non-hydrogen) atoms. The topological polar surface area (TPSA) is 29.5 Å². The lowest BCUT2D eigenvalue weighted by molar-refractivity contribution is -0.0613. The molecule has 4 saturated carbocycles. The molecule has 0 aromatic heterocycles. The van der Waals surface area contributed by atoms with Crippen molar-refractivity contribution in [1.82, 2.24) is 0 Å². The number of fused-ring (bicyclic) bond motifs is 5. The van der Waals surface area contributed by atoms with Crippen molar-refractivity contribution in [2.24, 2.45) is 35.0 Å². The fraction of sp³-hybridized carbons (Fsp3) is 0.900. The lowest BCUT2D eigenvalue weighted by Gasteiger charge is -2.55. The molecule has 0 unspecified atom stereocenters. The number of hydrogen-bond acceptors (Lipinski definition) is 2. The summed E-state index contributed by atoms with van der Waals surface area (Å²) < 4.78 is 5.38. The van der Waals surface area contributed by atoms with Crippen molar-refractivity contribution >= 4 is 0 Å². The summed E-state index contributed by atoms with van der Waals surface area (Å²) in [6, 6.07) is 0. The Bertz CT molecular complexity index is 457. The molecule has 1 N–H and O–H groups in total. The molecule has 0 aliphatic heterocycles. The van der Waals surface area contributed by atoms with Crippen molar-refractivity contribution in [3.05, 3.63) is 11.8 Å². The van der Waals surface area contributed by atoms with Gasteiger partial charge in [-0.2, -0.15) is 0 Å². The predicted octanol–water partition coefficient (Wildman–Crippen LogP) is 4.53. The van der Waals surface area contributed by atoms with Gasteiger partial charge in [0.15, 0.2) is 0 Å². The van der Waals surface area contributed by atoms with E-state index in [2.05, 4.69) is 13.2 Å². The van der Waals surface area contributed by atoms with Gasteiger partial charge in [0.1, 0.15) is 0 Å². The third-order valence-corrected chi connectivity index (χ3v) is 8.03. The number of hydrogen-bond donors (Lipinski definition) is 1. The summed E-state index contributed by atoms with van der Waals surface area (Å²) in [7, 11) is 1.80. The Balaban J connectivity index is 1.56. The van der Waals surface area contributed by atoms with Crippen LogP contribution >= 0.6 is 0 Å². The Morgan fingerprint density at radius 2 is 1.86 bits per heavy atom. The number of aliphatic hydroxyl groups is 1. The summed E-state index contributed by atoms with van der Waals surface area (Å²) in [5.74, 6) is 4.52. The van der Waals surface area contributed by atoms with E-state index in [-0.39, 0.29) is 6.10 Å². The lowest BCUT2D eigenvalue weighted by Crippen LogP contribution is -2.48. The predicted molar refractivity (Wildman–Crippen MR) is 88.2 cm³/mol. The molecule has 4 rings (SSSR count). The largest absolute Gasteiger partial charge is 0.504 e. The molecule has 124 valence electrons. The van der Waals surface area contributed by atoms with Gasteiger partial charge in [-0.1, -0.05) is 6.92 Å². The summed E-state index contributed by atoms with van der Waals surface area (Å²) in [4.78, 5) is 0. The van der Waals surface area contributed by atoms with Crippen LogP contribution in [0.1, 0.15) is 64.7 Å². The summed E-state index contributed by atoms with van der Waals surface area (Å²) >= 11 is 0. The minimum Gasteiger partial charge on any atom is -0.504 e. The second kappa shape index (κ2) is 5.54. The van der Waals surface area contributed by atoms with Crippen LogP contribution in [0.5, 0.6) is 0 Å². The highest BCUT2D eigenvalue weighted by molar-refractivity contribution is 5.22. The van der Waals surface area contributed by atoms with Crippen LogP contribution in [0, 0.1) is 35.0 Å². The van der Waals surface area contributed by atoms with E-state index in [4.69, 9.17) is 4.74 Å². The highest BCUT2D eigenvalue weighted by Gasteiger charge is 2.55. The van der Waals surface area contributed by atoms with Crippen LogP contribution in [0.2, 0.25) is 0 Å². The monoisotopic (exact) mass is 304 g/mol. The second-order valence-corrected chi connectivity index (χ2v) is 8.78. The smallest absolute Gasteiger partial charge is 0.0822 e. The molecular formula is C20H32O2. The third kappa shape index (κ3) is 2.17. The van der Waals surface area contributed by atoms with Gasteiger partial charge in [0.05, 0.1) is 19.5 Å². The quantitative estimate of drug-likeness (QED) is 0.721. The van der Waals surface area contributed by atoms with Crippen molar-refractivity contribution in [2.75, 3.05) is 7.11 Å². The Kier molecular flexibility index (Phi) is 3.79. The van der Waals surface area contributed by atoms with Crippen molar-refractivity contribution < 1.29 is 9.84 Å². The highest BCUT2D eigenvalue weighted by atomic mass is 16.5. The summed E-state index contributed by atoms with van der Waals surface area (Å²) in [5, 5.41) is 10.0. The zero-order valence-electron chi connectivity index (χ0n) is 14.3. The molecule has 0 saturated heterocycles. The zero-order valence-corrected chi connectivity index (χ0v) is 14.3. The Morgan fingerprint density at radius 1 is 1.05 bits per heavy atom. The number of allylic oxidation sites excluding steroid dienone is 1. The minimum atomic E-state index is -0.00521. The van der Waals surface area contributed by atoms with Gasteiger partial charge in [-0.15, -0.1) is 0 Å². The van der Waals surface area contributed by atoms with E-state index in [1.54, 1.807) is 12.7 Å². The maximum atomic E-state index is 10.0. The van der Waals surface area contributed by atoms with E-state index < -0.39 is 0 Å². The molecule has 2 heteroatoms.